The highest BCUT2D eigenvalue weighted by atomic mass is 16.3. The fourth-order valence-electron chi connectivity index (χ4n) is 3.25. The molecule has 0 atom stereocenters. The number of hydrogen-bond acceptors (Lipinski definition) is 3. The standard InChI is InChI=1S/C20H28N2O/c1-16-9-11-22(12-10-16)15-19-6-4-3-5-18(19)13-21-14-20-8-7-17(2)23-20/h3-8,16,21H,9-15H2,1-2H3. The Kier molecular flexibility index (Phi) is 5.52. The van der Waals surface area contributed by atoms with Crippen molar-refractivity contribution in [3.05, 3.63) is 59.0 Å². The lowest BCUT2D eigenvalue weighted by atomic mass is 9.98. The van der Waals surface area contributed by atoms with Crippen LogP contribution >= 0.6 is 0 Å². The van der Waals surface area contributed by atoms with Crippen LogP contribution in [0, 0.1) is 12.8 Å². The smallest absolute Gasteiger partial charge is 0.117 e. The Morgan fingerprint density at radius 3 is 2.48 bits per heavy atom. The molecule has 1 aromatic carbocycles. The van der Waals surface area contributed by atoms with E-state index in [1.54, 1.807) is 0 Å². The van der Waals surface area contributed by atoms with Gasteiger partial charge in [-0.15, -0.1) is 0 Å². The van der Waals surface area contributed by atoms with Crippen molar-refractivity contribution in [3.63, 3.8) is 0 Å². The van der Waals surface area contributed by atoms with Crippen LogP contribution in [0.5, 0.6) is 0 Å². The van der Waals surface area contributed by atoms with Crippen molar-refractivity contribution in [2.75, 3.05) is 13.1 Å². The van der Waals surface area contributed by atoms with E-state index in [0.717, 1.165) is 37.1 Å². The van der Waals surface area contributed by atoms with E-state index in [2.05, 4.69) is 41.4 Å². The van der Waals surface area contributed by atoms with Gasteiger partial charge in [-0.2, -0.15) is 0 Å². The van der Waals surface area contributed by atoms with Crippen molar-refractivity contribution in [2.45, 2.75) is 46.3 Å². The van der Waals surface area contributed by atoms with Crippen LogP contribution in [-0.2, 0) is 19.6 Å². The van der Waals surface area contributed by atoms with Crippen LogP contribution in [0.3, 0.4) is 0 Å². The van der Waals surface area contributed by atoms with E-state index in [4.69, 9.17) is 4.42 Å². The lowest BCUT2D eigenvalue weighted by molar-refractivity contribution is 0.185. The molecule has 3 nitrogen and oxygen atoms in total. The number of piperidine rings is 1. The molecule has 0 aliphatic carbocycles. The van der Waals surface area contributed by atoms with Gasteiger partial charge in [0.2, 0.25) is 0 Å². The third kappa shape index (κ3) is 4.69. The Bertz CT molecular complexity index is 612. The number of aryl methyl sites for hydroxylation is 1. The number of furan rings is 1. The summed E-state index contributed by atoms with van der Waals surface area (Å²) in [6.07, 6.45) is 2.66. The fourth-order valence-corrected chi connectivity index (χ4v) is 3.25. The zero-order chi connectivity index (χ0) is 16.1. The van der Waals surface area contributed by atoms with Gasteiger partial charge >= 0.3 is 0 Å². The Balaban J connectivity index is 1.54. The van der Waals surface area contributed by atoms with Gasteiger partial charge < -0.3 is 9.73 Å². The molecular formula is C20H28N2O. The van der Waals surface area contributed by atoms with Crippen molar-refractivity contribution < 1.29 is 4.42 Å². The first-order chi connectivity index (χ1) is 11.2. The Morgan fingerprint density at radius 2 is 1.78 bits per heavy atom. The van der Waals surface area contributed by atoms with E-state index < -0.39 is 0 Å². The topological polar surface area (TPSA) is 28.4 Å². The van der Waals surface area contributed by atoms with Crippen LogP contribution in [0.1, 0.15) is 42.4 Å². The summed E-state index contributed by atoms with van der Waals surface area (Å²) in [5.74, 6) is 2.87. The number of nitrogens with zero attached hydrogens (tertiary/aromatic N) is 1. The van der Waals surface area contributed by atoms with E-state index in [1.807, 2.05) is 19.1 Å². The summed E-state index contributed by atoms with van der Waals surface area (Å²) >= 11 is 0. The first kappa shape index (κ1) is 16.3. The lowest BCUT2D eigenvalue weighted by Gasteiger charge is -2.30. The summed E-state index contributed by atoms with van der Waals surface area (Å²) in [5, 5.41) is 3.50. The molecule has 1 N–H and O–H groups in total. The molecule has 2 heterocycles. The van der Waals surface area contributed by atoms with Gasteiger partial charge in [0.25, 0.3) is 0 Å². The number of nitrogens with one attached hydrogen (secondary N) is 1. The summed E-state index contributed by atoms with van der Waals surface area (Å²) in [6, 6.07) is 12.9. The Morgan fingerprint density at radius 1 is 1.04 bits per heavy atom. The van der Waals surface area contributed by atoms with Crippen LogP contribution in [0.25, 0.3) is 0 Å². The summed E-state index contributed by atoms with van der Waals surface area (Å²) in [6.45, 7) is 9.56. The summed E-state index contributed by atoms with van der Waals surface area (Å²) in [7, 11) is 0. The minimum Gasteiger partial charge on any atom is -0.465 e. The molecule has 1 fully saturated rings. The van der Waals surface area contributed by atoms with Crippen LogP contribution in [0.15, 0.2) is 40.8 Å². The van der Waals surface area contributed by atoms with Gasteiger partial charge in [0.05, 0.1) is 6.54 Å². The second-order valence-corrected chi connectivity index (χ2v) is 6.84. The first-order valence-corrected chi connectivity index (χ1v) is 8.76. The van der Waals surface area contributed by atoms with Crippen LogP contribution in [0.4, 0.5) is 0 Å². The van der Waals surface area contributed by atoms with Crippen molar-refractivity contribution in [3.8, 4) is 0 Å². The zero-order valence-corrected chi connectivity index (χ0v) is 14.3. The van der Waals surface area contributed by atoms with Crippen molar-refractivity contribution in [1.82, 2.24) is 10.2 Å². The Hall–Kier alpha value is -1.58. The van der Waals surface area contributed by atoms with Crippen LogP contribution in [-0.4, -0.2) is 18.0 Å². The molecule has 0 saturated carbocycles. The minimum atomic E-state index is 0.781. The molecule has 1 aliphatic heterocycles. The molecule has 1 aromatic heterocycles. The minimum absolute atomic E-state index is 0.781. The van der Waals surface area contributed by atoms with Gasteiger partial charge in [0.15, 0.2) is 0 Å². The zero-order valence-electron chi connectivity index (χ0n) is 14.3. The van der Waals surface area contributed by atoms with Crippen molar-refractivity contribution in [2.24, 2.45) is 5.92 Å². The van der Waals surface area contributed by atoms with E-state index in [0.29, 0.717) is 0 Å². The molecule has 0 unspecified atom stereocenters. The lowest BCUT2D eigenvalue weighted by Crippen LogP contribution is -2.32. The van der Waals surface area contributed by atoms with E-state index in [1.165, 1.54) is 37.1 Å². The van der Waals surface area contributed by atoms with Crippen molar-refractivity contribution in [1.29, 1.82) is 0 Å². The summed E-state index contributed by atoms with van der Waals surface area (Å²) in [4.78, 5) is 2.59. The third-order valence-corrected chi connectivity index (χ3v) is 4.80. The molecule has 0 bridgehead atoms. The summed E-state index contributed by atoms with van der Waals surface area (Å²) < 4.78 is 5.61. The maximum absolute atomic E-state index is 5.61. The first-order valence-electron chi connectivity index (χ1n) is 8.76. The molecule has 3 heteroatoms. The maximum Gasteiger partial charge on any atom is 0.117 e. The van der Waals surface area contributed by atoms with Crippen LogP contribution in [0.2, 0.25) is 0 Å². The molecule has 2 aromatic rings. The molecule has 1 saturated heterocycles. The molecule has 1 aliphatic rings. The molecule has 23 heavy (non-hydrogen) atoms. The number of hydrogen-bond donors (Lipinski definition) is 1. The maximum atomic E-state index is 5.61. The van der Waals surface area contributed by atoms with E-state index in [-0.39, 0.29) is 0 Å². The van der Waals surface area contributed by atoms with Gasteiger partial charge in [0, 0.05) is 13.1 Å². The van der Waals surface area contributed by atoms with Gasteiger partial charge in [-0.05, 0) is 62.0 Å². The van der Waals surface area contributed by atoms with Crippen molar-refractivity contribution >= 4 is 0 Å². The van der Waals surface area contributed by atoms with Crippen LogP contribution < -0.4 is 5.32 Å². The normalized spacial score (nSPS) is 16.8. The summed E-state index contributed by atoms with van der Waals surface area (Å²) in [5.41, 5.74) is 2.85. The highest BCUT2D eigenvalue weighted by Crippen LogP contribution is 2.19. The van der Waals surface area contributed by atoms with Gasteiger partial charge in [0.1, 0.15) is 11.5 Å². The number of likely N-dealkylation sites (tertiary alicyclic amines) is 1. The van der Waals surface area contributed by atoms with E-state index >= 15 is 0 Å². The number of rotatable bonds is 6. The third-order valence-electron chi connectivity index (χ3n) is 4.80. The monoisotopic (exact) mass is 312 g/mol. The predicted molar refractivity (Wildman–Crippen MR) is 94.1 cm³/mol. The quantitative estimate of drug-likeness (QED) is 0.870. The van der Waals surface area contributed by atoms with E-state index in [9.17, 15) is 0 Å². The molecule has 0 spiro atoms. The molecule has 0 radical (unpaired) electrons. The predicted octanol–water partition coefficient (Wildman–Crippen LogP) is 4.11. The fraction of sp³-hybridized carbons (Fsp3) is 0.500. The molecular weight excluding hydrogens is 284 g/mol. The second kappa shape index (κ2) is 7.80. The molecule has 3 rings (SSSR count). The number of benzene rings is 1. The average Bonchev–Trinajstić information content (AvgIpc) is 2.97. The van der Waals surface area contributed by atoms with Gasteiger partial charge in [-0.3, -0.25) is 4.90 Å². The van der Waals surface area contributed by atoms with Gasteiger partial charge in [-0.1, -0.05) is 31.2 Å². The SMILES string of the molecule is Cc1ccc(CNCc2ccccc2CN2CCC(C)CC2)o1. The highest BCUT2D eigenvalue weighted by molar-refractivity contribution is 5.27. The Labute approximate surface area is 139 Å². The highest BCUT2D eigenvalue weighted by Gasteiger charge is 2.16. The largest absolute Gasteiger partial charge is 0.465 e. The second-order valence-electron chi connectivity index (χ2n) is 6.84. The molecule has 0 amide bonds. The average molecular weight is 312 g/mol. The van der Waals surface area contributed by atoms with Gasteiger partial charge in [-0.25, -0.2) is 0 Å². The molecule has 124 valence electrons.